The van der Waals surface area contributed by atoms with Crippen LogP contribution in [-0.4, -0.2) is 18.0 Å². The number of rotatable bonds is 7. The third kappa shape index (κ3) is 10.7. The highest BCUT2D eigenvalue weighted by Gasteiger charge is 2.23. The Bertz CT molecular complexity index is 178. The van der Waals surface area contributed by atoms with Gasteiger partial charge in [0, 0.05) is 6.42 Å². The molecule has 1 rings (SSSR count). The summed E-state index contributed by atoms with van der Waals surface area (Å²) in [6, 6.07) is 0. The maximum absolute atomic E-state index is 5.23. The topological polar surface area (TPSA) is 43.5 Å². The van der Waals surface area contributed by atoms with Crippen LogP contribution in [0.3, 0.4) is 0 Å². The van der Waals surface area contributed by atoms with Crippen LogP contribution < -0.4 is 0 Å². The van der Waals surface area contributed by atoms with Crippen molar-refractivity contribution in [3.05, 3.63) is 0 Å². The van der Waals surface area contributed by atoms with Gasteiger partial charge < -0.3 is 0 Å². The average Bonchev–Trinajstić information content (AvgIpc) is 3.11. The van der Waals surface area contributed by atoms with E-state index in [-0.39, 0.29) is 18.0 Å². The van der Waals surface area contributed by atoms with E-state index in [1.807, 2.05) is 20.8 Å². The molecule has 1 saturated heterocycles. The van der Waals surface area contributed by atoms with Crippen molar-refractivity contribution < 1.29 is 19.6 Å². The molecular weight excluding hydrogens is 220 g/mol. The largest absolute Gasteiger partial charge is 0.233 e. The van der Waals surface area contributed by atoms with Gasteiger partial charge in [0.25, 0.3) is 0 Å². The standard InChI is InChI=1S/C9H20O2.C4H8O2/c1-6-8(3)10-11-9(4,5)7-2;1-2-3-4-5-6-4/h8H,6-7H2,1-5H3;4H,2-3H2,1H3. The third-order valence-corrected chi connectivity index (χ3v) is 2.62. The molecule has 4 heteroatoms. The van der Waals surface area contributed by atoms with E-state index in [0.29, 0.717) is 0 Å². The van der Waals surface area contributed by atoms with Crippen LogP contribution in [0, 0.1) is 0 Å². The third-order valence-electron chi connectivity index (χ3n) is 2.62. The molecule has 1 aliphatic heterocycles. The van der Waals surface area contributed by atoms with E-state index in [4.69, 9.17) is 9.78 Å². The quantitative estimate of drug-likeness (QED) is 0.388. The second-order valence-corrected chi connectivity index (χ2v) is 4.92. The van der Waals surface area contributed by atoms with Crippen molar-refractivity contribution in [3.8, 4) is 0 Å². The Hall–Kier alpha value is -0.160. The van der Waals surface area contributed by atoms with Gasteiger partial charge in [0.2, 0.25) is 6.29 Å². The fraction of sp³-hybridized carbons (Fsp3) is 1.00. The molecule has 104 valence electrons. The molecular formula is C13H28O4. The van der Waals surface area contributed by atoms with Crippen molar-refractivity contribution >= 4 is 0 Å². The highest BCUT2D eigenvalue weighted by atomic mass is 17.4. The predicted molar refractivity (Wildman–Crippen MR) is 67.2 cm³/mol. The monoisotopic (exact) mass is 248 g/mol. The fourth-order valence-corrected chi connectivity index (χ4v) is 0.711. The summed E-state index contributed by atoms with van der Waals surface area (Å²) < 4.78 is 0. The molecule has 1 heterocycles. The normalized spacial score (nSPS) is 17.3. The van der Waals surface area contributed by atoms with E-state index in [1.165, 1.54) is 0 Å². The van der Waals surface area contributed by atoms with Gasteiger partial charge in [0.05, 0.1) is 11.7 Å². The molecule has 0 N–H and O–H groups in total. The van der Waals surface area contributed by atoms with Crippen LogP contribution in [0.4, 0.5) is 0 Å². The van der Waals surface area contributed by atoms with Gasteiger partial charge in [-0.15, -0.1) is 0 Å². The molecule has 0 amide bonds. The van der Waals surface area contributed by atoms with Crippen LogP contribution in [0.25, 0.3) is 0 Å². The van der Waals surface area contributed by atoms with Crippen LogP contribution in [0.5, 0.6) is 0 Å². The maximum atomic E-state index is 5.23. The molecule has 0 aromatic carbocycles. The number of hydrogen-bond acceptors (Lipinski definition) is 4. The van der Waals surface area contributed by atoms with Crippen LogP contribution >= 0.6 is 0 Å². The van der Waals surface area contributed by atoms with Gasteiger partial charge in [-0.3, -0.25) is 0 Å². The molecule has 0 bridgehead atoms. The summed E-state index contributed by atoms with van der Waals surface area (Å²) in [5, 5.41) is 0. The van der Waals surface area contributed by atoms with E-state index < -0.39 is 0 Å². The molecule has 0 saturated carbocycles. The first-order valence-corrected chi connectivity index (χ1v) is 6.61. The lowest BCUT2D eigenvalue weighted by Gasteiger charge is -2.23. The Morgan fingerprint density at radius 2 is 1.76 bits per heavy atom. The Labute approximate surface area is 105 Å². The van der Waals surface area contributed by atoms with Crippen molar-refractivity contribution in [1.82, 2.24) is 0 Å². The Morgan fingerprint density at radius 3 is 2.06 bits per heavy atom. The SMILES string of the molecule is CCC(C)OOC(C)(C)CC.CCCC1OO1. The molecule has 1 atom stereocenters. The smallest absolute Gasteiger partial charge is 0.224 e. The summed E-state index contributed by atoms with van der Waals surface area (Å²) in [6.07, 6.45) is 4.48. The first-order chi connectivity index (χ1) is 7.95. The second kappa shape index (κ2) is 8.86. The summed E-state index contributed by atoms with van der Waals surface area (Å²) in [5.41, 5.74) is -0.149. The molecule has 0 aromatic rings. The zero-order valence-electron chi connectivity index (χ0n) is 12.1. The van der Waals surface area contributed by atoms with Gasteiger partial charge in [0.1, 0.15) is 0 Å². The average molecular weight is 248 g/mol. The Balaban J connectivity index is 0.000000354. The molecule has 1 fully saturated rings. The highest BCUT2D eigenvalue weighted by molar-refractivity contribution is 4.62. The lowest BCUT2D eigenvalue weighted by molar-refractivity contribution is -0.374. The fourth-order valence-electron chi connectivity index (χ4n) is 0.711. The summed E-state index contributed by atoms with van der Waals surface area (Å²) in [4.78, 5) is 19.3. The van der Waals surface area contributed by atoms with Gasteiger partial charge in [0.15, 0.2) is 0 Å². The molecule has 0 aliphatic carbocycles. The van der Waals surface area contributed by atoms with Gasteiger partial charge in [-0.1, -0.05) is 27.2 Å². The summed E-state index contributed by atoms with van der Waals surface area (Å²) in [6.45, 7) is 12.3. The lowest BCUT2D eigenvalue weighted by atomic mass is 10.1. The van der Waals surface area contributed by atoms with Crippen LogP contribution in [-0.2, 0) is 19.6 Å². The Morgan fingerprint density at radius 1 is 1.18 bits per heavy atom. The van der Waals surface area contributed by atoms with Crippen molar-refractivity contribution in [1.29, 1.82) is 0 Å². The highest BCUT2D eigenvalue weighted by Crippen LogP contribution is 2.16. The van der Waals surface area contributed by atoms with Crippen molar-refractivity contribution in [2.24, 2.45) is 0 Å². The van der Waals surface area contributed by atoms with Crippen molar-refractivity contribution in [2.75, 3.05) is 0 Å². The first kappa shape index (κ1) is 16.8. The van der Waals surface area contributed by atoms with E-state index in [2.05, 4.69) is 30.5 Å². The zero-order valence-corrected chi connectivity index (χ0v) is 12.1. The summed E-state index contributed by atoms with van der Waals surface area (Å²) in [5.74, 6) is 0. The molecule has 17 heavy (non-hydrogen) atoms. The first-order valence-electron chi connectivity index (χ1n) is 6.61. The summed E-state index contributed by atoms with van der Waals surface area (Å²) >= 11 is 0. The molecule has 0 spiro atoms. The van der Waals surface area contributed by atoms with Gasteiger partial charge in [-0.05, 0) is 33.6 Å². The molecule has 1 aliphatic rings. The van der Waals surface area contributed by atoms with Gasteiger partial charge in [-0.2, -0.15) is 9.78 Å². The molecule has 4 nitrogen and oxygen atoms in total. The second-order valence-electron chi connectivity index (χ2n) is 4.92. The minimum absolute atomic E-state index is 0.148. The molecule has 1 unspecified atom stereocenters. The van der Waals surface area contributed by atoms with Crippen LogP contribution in [0.1, 0.15) is 67.2 Å². The van der Waals surface area contributed by atoms with Gasteiger partial charge >= 0.3 is 0 Å². The van der Waals surface area contributed by atoms with Crippen molar-refractivity contribution in [2.45, 2.75) is 85.2 Å². The van der Waals surface area contributed by atoms with Gasteiger partial charge in [-0.25, -0.2) is 9.78 Å². The van der Waals surface area contributed by atoms with E-state index in [9.17, 15) is 0 Å². The molecule has 0 aromatic heterocycles. The van der Waals surface area contributed by atoms with Crippen LogP contribution in [0.15, 0.2) is 0 Å². The minimum atomic E-state index is -0.149. The minimum Gasteiger partial charge on any atom is -0.233 e. The zero-order chi connectivity index (χ0) is 13.3. The predicted octanol–water partition coefficient (Wildman–Crippen LogP) is 4.00. The van der Waals surface area contributed by atoms with Crippen molar-refractivity contribution in [3.63, 3.8) is 0 Å². The lowest BCUT2D eigenvalue weighted by Crippen LogP contribution is -2.25. The van der Waals surface area contributed by atoms with Crippen LogP contribution in [0.2, 0.25) is 0 Å². The maximum Gasteiger partial charge on any atom is 0.224 e. The number of hydrogen-bond donors (Lipinski definition) is 0. The van der Waals surface area contributed by atoms with E-state index in [0.717, 1.165) is 25.7 Å². The molecule has 0 radical (unpaired) electrons. The Kier molecular flexibility index (Phi) is 8.78. The van der Waals surface area contributed by atoms with E-state index >= 15 is 0 Å². The van der Waals surface area contributed by atoms with E-state index in [1.54, 1.807) is 0 Å². The summed E-state index contributed by atoms with van der Waals surface area (Å²) in [7, 11) is 0.